The van der Waals surface area contributed by atoms with Crippen molar-refractivity contribution in [3.05, 3.63) is 89.2 Å². The molecule has 1 aliphatic rings. The van der Waals surface area contributed by atoms with E-state index in [0.29, 0.717) is 17.2 Å². The average molecular weight is 420 g/mol. The molecule has 0 aromatic heterocycles. The third-order valence-corrected chi connectivity index (χ3v) is 5.56. The number of carbonyl (C=O) groups excluding carboxylic acids is 1. The molecular weight excluding hydrogens is 395 g/mol. The molecule has 1 amide bonds. The Morgan fingerprint density at radius 3 is 2.39 bits per heavy atom. The van der Waals surface area contributed by atoms with Crippen LogP contribution in [0, 0.1) is 5.82 Å². The van der Waals surface area contributed by atoms with Crippen molar-refractivity contribution >= 4 is 11.6 Å². The number of halogens is 1. The van der Waals surface area contributed by atoms with E-state index >= 15 is 0 Å². The Balaban J connectivity index is 1.64. The highest BCUT2D eigenvalue weighted by Crippen LogP contribution is 2.40. The van der Waals surface area contributed by atoms with E-state index in [0.717, 1.165) is 24.1 Å². The fraction of sp³-hybridized carbons (Fsp3) is 0.240. The van der Waals surface area contributed by atoms with Crippen LogP contribution in [-0.4, -0.2) is 38.1 Å². The first kappa shape index (κ1) is 20.9. The van der Waals surface area contributed by atoms with E-state index in [4.69, 9.17) is 9.47 Å². The number of nitrogens with one attached hydrogen (secondary N) is 1. The molecular formula is C25H25FN2O3. The number of methoxy groups -OCH3 is 2. The van der Waals surface area contributed by atoms with Crippen LogP contribution in [0.1, 0.15) is 22.7 Å². The molecule has 0 saturated heterocycles. The number of fused-ring (bicyclic) bond motifs is 1. The van der Waals surface area contributed by atoms with Crippen molar-refractivity contribution in [3.8, 4) is 11.5 Å². The van der Waals surface area contributed by atoms with E-state index in [2.05, 4.69) is 22.3 Å². The van der Waals surface area contributed by atoms with E-state index in [9.17, 15) is 9.18 Å². The molecule has 3 aromatic rings. The van der Waals surface area contributed by atoms with Gasteiger partial charge in [0.15, 0.2) is 11.5 Å². The molecule has 1 heterocycles. The monoisotopic (exact) mass is 420 g/mol. The molecule has 160 valence electrons. The summed E-state index contributed by atoms with van der Waals surface area (Å²) in [7, 11) is 3.26. The molecule has 1 N–H and O–H groups in total. The molecule has 1 aliphatic heterocycles. The SMILES string of the molecule is COc1cc2c(cc1OC)C(c1ccccc1)N(CC(=O)Nc1ccc(F)cc1)CC2. The molecule has 6 heteroatoms. The van der Waals surface area contributed by atoms with Gasteiger partial charge in [0.25, 0.3) is 0 Å². The lowest BCUT2D eigenvalue weighted by Crippen LogP contribution is -2.41. The average Bonchev–Trinajstić information content (AvgIpc) is 2.80. The summed E-state index contributed by atoms with van der Waals surface area (Å²) in [5.74, 6) is 0.894. The first-order valence-corrected chi connectivity index (χ1v) is 10.2. The zero-order valence-corrected chi connectivity index (χ0v) is 17.6. The highest BCUT2D eigenvalue weighted by Gasteiger charge is 2.31. The normalized spacial score (nSPS) is 15.8. The zero-order valence-electron chi connectivity index (χ0n) is 17.6. The van der Waals surface area contributed by atoms with Gasteiger partial charge in [-0.25, -0.2) is 4.39 Å². The highest BCUT2D eigenvalue weighted by atomic mass is 19.1. The van der Waals surface area contributed by atoms with Crippen LogP contribution in [0.25, 0.3) is 0 Å². The van der Waals surface area contributed by atoms with E-state index in [-0.39, 0.29) is 24.3 Å². The summed E-state index contributed by atoms with van der Waals surface area (Å²) in [5.41, 5.74) is 3.96. The molecule has 0 aliphatic carbocycles. The number of hydrogen-bond donors (Lipinski definition) is 1. The predicted molar refractivity (Wildman–Crippen MR) is 118 cm³/mol. The van der Waals surface area contributed by atoms with Crippen LogP contribution in [0.2, 0.25) is 0 Å². The van der Waals surface area contributed by atoms with Gasteiger partial charge in [-0.05, 0) is 59.5 Å². The highest BCUT2D eigenvalue weighted by molar-refractivity contribution is 5.92. The van der Waals surface area contributed by atoms with Crippen LogP contribution in [-0.2, 0) is 11.2 Å². The largest absolute Gasteiger partial charge is 0.493 e. The quantitative estimate of drug-likeness (QED) is 0.641. The van der Waals surface area contributed by atoms with E-state index in [1.54, 1.807) is 26.4 Å². The first-order valence-electron chi connectivity index (χ1n) is 10.2. The number of carbonyl (C=O) groups is 1. The van der Waals surface area contributed by atoms with Crippen LogP contribution in [0.15, 0.2) is 66.7 Å². The minimum atomic E-state index is -0.334. The smallest absolute Gasteiger partial charge is 0.238 e. The Bertz CT molecular complexity index is 1050. The van der Waals surface area contributed by atoms with Crippen LogP contribution in [0.4, 0.5) is 10.1 Å². The summed E-state index contributed by atoms with van der Waals surface area (Å²) >= 11 is 0. The van der Waals surface area contributed by atoms with E-state index < -0.39 is 0 Å². The Morgan fingerprint density at radius 1 is 1.03 bits per heavy atom. The number of hydrogen-bond acceptors (Lipinski definition) is 4. The molecule has 0 radical (unpaired) electrons. The Kier molecular flexibility index (Phi) is 6.18. The maximum atomic E-state index is 13.2. The minimum Gasteiger partial charge on any atom is -0.493 e. The maximum Gasteiger partial charge on any atom is 0.238 e. The molecule has 31 heavy (non-hydrogen) atoms. The number of ether oxygens (including phenoxy) is 2. The van der Waals surface area contributed by atoms with Crippen LogP contribution in [0.5, 0.6) is 11.5 Å². The third-order valence-electron chi connectivity index (χ3n) is 5.56. The first-order chi connectivity index (χ1) is 15.1. The van der Waals surface area contributed by atoms with Gasteiger partial charge in [0.1, 0.15) is 5.82 Å². The molecule has 0 fully saturated rings. The van der Waals surface area contributed by atoms with Gasteiger partial charge >= 0.3 is 0 Å². The minimum absolute atomic E-state index is 0.0938. The standard InChI is InChI=1S/C25H25FN2O3/c1-30-22-14-18-12-13-28(16-24(29)27-20-10-8-19(26)9-11-20)25(17-6-4-3-5-7-17)21(18)15-23(22)31-2/h3-11,14-15,25H,12-13,16H2,1-2H3,(H,27,29). The van der Waals surface area contributed by atoms with Gasteiger partial charge in [0, 0.05) is 12.2 Å². The summed E-state index contributed by atoms with van der Waals surface area (Å²) < 4.78 is 24.2. The van der Waals surface area contributed by atoms with Crippen molar-refractivity contribution in [2.45, 2.75) is 12.5 Å². The van der Waals surface area contributed by atoms with Gasteiger partial charge in [-0.1, -0.05) is 30.3 Å². The van der Waals surface area contributed by atoms with E-state index in [1.807, 2.05) is 30.3 Å². The number of nitrogens with zero attached hydrogens (tertiary/aromatic N) is 1. The topological polar surface area (TPSA) is 50.8 Å². The van der Waals surface area contributed by atoms with Gasteiger partial charge < -0.3 is 14.8 Å². The fourth-order valence-corrected chi connectivity index (χ4v) is 4.11. The third kappa shape index (κ3) is 4.54. The van der Waals surface area contributed by atoms with Gasteiger partial charge in [-0.2, -0.15) is 0 Å². The van der Waals surface area contributed by atoms with Gasteiger partial charge in [-0.3, -0.25) is 9.69 Å². The van der Waals surface area contributed by atoms with Crippen molar-refractivity contribution in [1.29, 1.82) is 0 Å². The van der Waals surface area contributed by atoms with Gasteiger partial charge in [0.2, 0.25) is 5.91 Å². The molecule has 4 rings (SSSR count). The number of rotatable bonds is 6. The second kappa shape index (κ2) is 9.18. The Hall–Kier alpha value is -3.38. The molecule has 0 bridgehead atoms. The van der Waals surface area contributed by atoms with E-state index in [1.165, 1.54) is 17.7 Å². The molecule has 5 nitrogen and oxygen atoms in total. The van der Waals surface area contributed by atoms with Crippen molar-refractivity contribution in [1.82, 2.24) is 4.90 Å². The molecule has 3 aromatic carbocycles. The summed E-state index contributed by atoms with van der Waals surface area (Å²) in [6, 6.07) is 19.9. The van der Waals surface area contributed by atoms with Crippen molar-refractivity contribution < 1.29 is 18.7 Å². The lowest BCUT2D eigenvalue weighted by Gasteiger charge is -2.37. The lowest BCUT2D eigenvalue weighted by molar-refractivity contribution is -0.117. The Labute approximate surface area is 181 Å². The summed E-state index contributed by atoms with van der Waals surface area (Å²) in [4.78, 5) is 14.9. The van der Waals surface area contributed by atoms with Crippen molar-refractivity contribution in [2.24, 2.45) is 0 Å². The predicted octanol–water partition coefficient (Wildman–Crippen LogP) is 4.43. The van der Waals surface area contributed by atoms with Gasteiger partial charge in [0.05, 0.1) is 26.8 Å². The summed E-state index contributed by atoms with van der Waals surface area (Å²) in [6.07, 6.45) is 0.794. The van der Waals surface area contributed by atoms with Crippen LogP contribution < -0.4 is 14.8 Å². The number of amides is 1. The fourth-order valence-electron chi connectivity index (χ4n) is 4.11. The van der Waals surface area contributed by atoms with Crippen molar-refractivity contribution in [2.75, 3.05) is 32.6 Å². The Morgan fingerprint density at radius 2 is 1.71 bits per heavy atom. The van der Waals surface area contributed by atoms with Crippen LogP contribution in [0.3, 0.4) is 0 Å². The second-order valence-electron chi connectivity index (χ2n) is 7.49. The summed E-state index contributed by atoms with van der Waals surface area (Å²) in [6.45, 7) is 0.934. The number of anilines is 1. The van der Waals surface area contributed by atoms with Crippen molar-refractivity contribution in [3.63, 3.8) is 0 Å². The summed E-state index contributed by atoms with van der Waals surface area (Å²) in [5, 5.41) is 2.86. The molecule has 0 spiro atoms. The zero-order chi connectivity index (χ0) is 21.8. The molecule has 1 unspecified atom stereocenters. The molecule has 1 atom stereocenters. The molecule has 0 saturated carbocycles. The number of benzene rings is 3. The van der Waals surface area contributed by atoms with Crippen LogP contribution >= 0.6 is 0 Å². The lowest BCUT2D eigenvalue weighted by atomic mass is 9.87. The second-order valence-corrected chi connectivity index (χ2v) is 7.49. The maximum absolute atomic E-state index is 13.2. The van der Waals surface area contributed by atoms with Gasteiger partial charge in [-0.15, -0.1) is 0 Å².